The Morgan fingerprint density at radius 2 is 2.00 bits per heavy atom. The fourth-order valence-corrected chi connectivity index (χ4v) is 2.05. The molecular weight excluding hydrogens is 218 g/mol. The number of carbonyl (C=O) groups excluding carboxylic acids is 2. The van der Waals surface area contributed by atoms with Gasteiger partial charge in [-0.15, -0.1) is 0 Å². The SMILES string of the molecule is CCCC(=O)C1CCCN1C(=O)OC(C)(C)C. The summed E-state index contributed by atoms with van der Waals surface area (Å²) in [5.41, 5.74) is -0.502. The van der Waals surface area contributed by atoms with Crippen LogP contribution >= 0.6 is 0 Å². The minimum atomic E-state index is -0.502. The Labute approximate surface area is 103 Å². The summed E-state index contributed by atoms with van der Waals surface area (Å²) in [4.78, 5) is 25.4. The first-order valence-corrected chi connectivity index (χ1v) is 6.37. The van der Waals surface area contributed by atoms with Gasteiger partial charge in [-0.2, -0.15) is 0 Å². The number of ether oxygens (including phenoxy) is 1. The molecule has 0 saturated carbocycles. The molecule has 1 aliphatic rings. The summed E-state index contributed by atoms with van der Waals surface area (Å²) >= 11 is 0. The molecule has 1 aliphatic heterocycles. The van der Waals surface area contributed by atoms with Gasteiger partial charge in [-0.25, -0.2) is 4.79 Å². The van der Waals surface area contributed by atoms with E-state index in [1.807, 2.05) is 27.7 Å². The largest absolute Gasteiger partial charge is 0.444 e. The second kappa shape index (κ2) is 5.52. The summed E-state index contributed by atoms with van der Waals surface area (Å²) in [6.07, 6.45) is 2.68. The van der Waals surface area contributed by atoms with Crippen LogP contribution in [0.1, 0.15) is 53.4 Å². The van der Waals surface area contributed by atoms with E-state index in [4.69, 9.17) is 4.74 Å². The Balaban J connectivity index is 2.63. The Hall–Kier alpha value is -1.06. The molecule has 0 radical (unpaired) electrons. The molecule has 17 heavy (non-hydrogen) atoms. The third kappa shape index (κ3) is 4.02. The molecule has 0 aromatic heterocycles. The van der Waals surface area contributed by atoms with Gasteiger partial charge in [0.25, 0.3) is 0 Å². The molecule has 1 rings (SSSR count). The van der Waals surface area contributed by atoms with E-state index in [2.05, 4.69) is 0 Å². The normalized spacial score (nSPS) is 20.5. The topological polar surface area (TPSA) is 46.6 Å². The lowest BCUT2D eigenvalue weighted by Crippen LogP contribution is -2.43. The average Bonchev–Trinajstić information content (AvgIpc) is 2.63. The highest BCUT2D eigenvalue weighted by Gasteiger charge is 2.35. The Kier molecular flexibility index (Phi) is 4.54. The molecule has 4 heteroatoms. The number of amides is 1. The van der Waals surface area contributed by atoms with Gasteiger partial charge in [0.15, 0.2) is 5.78 Å². The van der Waals surface area contributed by atoms with E-state index in [0.29, 0.717) is 13.0 Å². The number of likely N-dealkylation sites (tertiary alicyclic amines) is 1. The van der Waals surface area contributed by atoms with Gasteiger partial charge in [-0.3, -0.25) is 9.69 Å². The van der Waals surface area contributed by atoms with Crippen molar-refractivity contribution in [2.45, 2.75) is 65.0 Å². The molecule has 1 heterocycles. The van der Waals surface area contributed by atoms with Crippen molar-refractivity contribution in [1.82, 2.24) is 4.90 Å². The monoisotopic (exact) mass is 241 g/mol. The zero-order chi connectivity index (χ0) is 13.1. The van der Waals surface area contributed by atoms with E-state index in [1.54, 1.807) is 4.90 Å². The van der Waals surface area contributed by atoms with E-state index in [9.17, 15) is 9.59 Å². The van der Waals surface area contributed by atoms with E-state index in [0.717, 1.165) is 19.3 Å². The van der Waals surface area contributed by atoms with Gasteiger partial charge in [0.2, 0.25) is 0 Å². The molecule has 1 atom stereocenters. The maximum Gasteiger partial charge on any atom is 0.410 e. The molecule has 4 nitrogen and oxygen atoms in total. The van der Waals surface area contributed by atoms with Gasteiger partial charge >= 0.3 is 6.09 Å². The van der Waals surface area contributed by atoms with Gasteiger partial charge in [-0.05, 0) is 40.0 Å². The third-order valence-corrected chi connectivity index (χ3v) is 2.75. The standard InChI is InChI=1S/C13H23NO3/c1-5-7-11(15)10-8-6-9-14(10)12(16)17-13(2,3)4/h10H,5-9H2,1-4H3. The van der Waals surface area contributed by atoms with Crippen molar-refractivity contribution in [2.75, 3.05) is 6.54 Å². The van der Waals surface area contributed by atoms with E-state index in [1.165, 1.54) is 0 Å². The van der Waals surface area contributed by atoms with Gasteiger partial charge in [-0.1, -0.05) is 6.92 Å². The van der Waals surface area contributed by atoms with Gasteiger partial charge < -0.3 is 4.74 Å². The smallest absolute Gasteiger partial charge is 0.410 e. The van der Waals surface area contributed by atoms with Crippen molar-refractivity contribution >= 4 is 11.9 Å². The highest BCUT2D eigenvalue weighted by Crippen LogP contribution is 2.22. The van der Waals surface area contributed by atoms with Crippen molar-refractivity contribution in [1.29, 1.82) is 0 Å². The van der Waals surface area contributed by atoms with Crippen LogP contribution in [-0.2, 0) is 9.53 Å². The third-order valence-electron chi connectivity index (χ3n) is 2.75. The van der Waals surface area contributed by atoms with Gasteiger partial charge in [0.05, 0.1) is 6.04 Å². The number of Topliss-reactive ketones (excluding diaryl/α,β-unsaturated/α-hetero) is 1. The Bertz CT molecular complexity index is 294. The minimum Gasteiger partial charge on any atom is -0.444 e. The summed E-state index contributed by atoms with van der Waals surface area (Å²) in [5.74, 6) is 0.163. The summed E-state index contributed by atoms with van der Waals surface area (Å²) in [6, 6.07) is -0.259. The number of hydrogen-bond acceptors (Lipinski definition) is 3. The van der Waals surface area contributed by atoms with E-state index < -0.39 is 5.60 Å². The highest BCUT2D eigenvalue weighted by molar-refractivity contribution is 5.87. The molecule has 1 unspecified atom stereocenters. The number of hydrogen-bond donors (Lipinski definition) is 0. The van der Waals surface area contributed by atoms with Crippen molar-refractivity contribution in [3.8, 4) is 0 Å². The highest BCUT2D eigenvalue weighted by atomic mass is 16.6. The van der Waals surface area contributed by atoms with E-state index >= 15 is 0 Å². The molecule has 1 amide bonds. The van der Waals surface area contributed by atoms with Crippen molar-refractivity contribution in [2.24, 2.45) is 0 Å². The maximum atomic E-state index is 11.9. The quantitative estimate of drug-likeness (QED) is 0.763. The molecule has 1 fully saturated rings. The lowest BCUT2D eigenvalue weighted by atomic mass is 10.1. The molecule has 0 aromatic rings. The van der Waals surface area contributed by atoms with Crippen LogP contribution < -0.4 is 0 Å². The van der Waals surface area contributed by atoms with Gasteiger partial charge in [0.1, 0.15) is 5.60 Å². The fourth-order valence-electron chi connectivity index (χ4n) is 2.05. The molecule has 0 aromatic carbocycles. The Morgan fingerprint density at radius 3 is 2.53 bits per heavy atom. The second-order valence-corrected chi connectivity index (χ2v) is 5.55. The number of carbonyl (C=O) groups is 2. The lowest BCUT2D eigenvalue weighted by Gasteiger charge is -2.27. The van der Waals surface area contributed by atoms with Crippen LogP contribution in [0.3, 0.4) is 0 Å². The van der Waals surface area contributed by atoms with Crippen molar-refractivity contribution in [3.63, 3.8) is 0 Å². The molecule has 0 aliphatic carbocycles. The van der Waals surface area contributed by atoms with Crippen molar-refractivity contribution in [3.05, 3.63) is 0 Å². The molecule has 0 bridgehead atoms. The summed E-state index contributed by atoms with van der Waals surface area (Å²) in [7, 11) is 0. The van der Waals surface area contributed by atoms with Gasteiger partial charge in [0, 0.05) is 13.0 Å². The maximum absolute atomic E-state index is 11.9. The lowest BCUT2D eigenvalue weighted by molar-refractivity contribution is -0.123. The second-order valence-electron chi connectivity index (χ2n) is 5.55. The molecular formula is C13H23NO3. The summed E-state index contributed by atoms with van der Waals surface area (Å²) in [6.45, 7) is 8.12. The van der Waals surface area contributed by atoms with Crippen LogP contribution in [0.2, 0.25) is 0 Å². The summed E-state index contributed by atoms with van der Waals surface area (Å²) in [5, 5.41) is 0. The van der Waals surface area contributed by atoms with Crippen LogP contribution in [0.4, 0.5) is 4.79 Å². The van der Waals surface area contributed by atoms with Crippen molar-refractivity contribution < 1.29 is 14.3 Å². The first kappa shape index (κ1) is 14.0. The Morgan fingerprint density at radius 1 is 1.35 bits per heavy atom. The number of rotatable bonds is 3. The molecule has 0 N–H and O–H groups in total. The predicted octanol–water partition coefficient (Wildman–Crippen LogP) is 2.76. The van der Waals surface area contributed by atoms with Crippen LogP contribution in [0.5, 0.6) is 0 Å². The molecule has 0 spiro atoms. The average molecular weight is 241 g/mol. The molecule has 1 saturated heterocycles. The molecule has 98 valence electrons. The zero-order valence-corrected chi connectivity index (χ0v) is 11.3. The zero-order valence-electron chi connectivity index (χ0n) is 11.3. The van der Waals surface area contributed by atoms with Crippen LogP contribution in [0.15, 0.2) is 0 Å². The minimum absolute atomic E-state index is 0.163. The van der Waals surface area contributed by atoms with Crippen LogP contribution in [-0.4, -0.2) is 35.0 Å². The van der Waals surface area contributed by atoms with Crippen LogP contribution in [0.25, 0.3) is 0 Å². The summed E-state index contributed by atoms with van der Waals surface area (Å²) < 4.78 is 5.31. The van der Waals surface area contributed by atoms with Crippen LogP contribution in [0, 0.1) is 0 Å². The first-order valence-electron chi connectivity index (χ1n) is 6.37. The number of nitrogens with zero attached hydrogens (tertiary/aromatic N) is 1. The predicted molar refractivity (Wildman–Crippen MR) is 65.9 cm³/mol. The number of ketones is 1. The van der Waals surface area contributed by atoms with E-state index in [-0.39, 0.29) is 17.9 Å². The fraction of sp³-hybridized carbons (Fsp3) is 0.846. The first-order chi connectivity index (χ1) is 7.85.